The molecule has 0 aliphatic heterocycles. The van der Waals surface area contributed by atoms with Gasteiger partial charge in [-0.1, -0.05) is 90.4 Å². The molecule has 0 bridgehead atoms. The summed E-state index contributed by atoms with van der Waals surface area (Å²) in [6.45, 7) is 1.99. The van der Waals surface area contributed by atoms with Crippen molar-refractivity contribution in [3.63, 3.8) is 0 Å². The Balaban J connectivity index is -0.000000578. The molecule has 132 valence electrons. The molecular weight excluding hydrogens is 317 g/mol. The average Bonchev–Trinajstić information content (AvgIpc) is 2.52. The van der Waals surface area contributed by atoms with Crippen LogP contribution in [0.15, 0.2) is 0 Å². The molecule has 0 aliphatic carbocycles. The molecule has 5 heteroatoms. The van der Waals surface area contributed by atoms with Crippen molar-refractivity contribution < 1.29 is 66.1 Å². The van der Waals surface area contributed by atoms with Crippen molar-refractivity contribution in [1.29, 1.82) is 0 Å². The fraction of sp³-hybridized carbons (Fsp3) is 0.889. The third kappa shape index (κ3) is 34.9. The first-order chi connectivity index (χ1) is 10.7. The maximum atomic E-state index is 9.98. The Hall–Kier alpha value is 0.736. The molecule has 0 aromatic carbocycles. The first kappa shape index (κ1) is 28.5. The van der Waals surface area contributed by atoms with Crippen LogP contribution in [0.2, 0.25) is 0 Å². The molecule has 0 aliphatic rings. The minimum atomic E-state index is -0.968. The van der Waals surface area contributed by atoms with Gasteiger partial charge in [0.15, 0.2) is 0 Å². The van der Waals surface area contributed by atoms with E-state index in [1.165, 1.54) is 77.0 Å². The SMILES string of the molecule is CCCCCCCCCCCCCCC[C-]=O.NCC(=O)O.[K+]. The summed E-state index contributed by atoms with van der Waals surface area (Å²) in [5.41, 5.74) is 4.57. The van der Waals surface area contributed by atoms with Gasteiger partial charge < -0.3 is 15.6 Å². The van der Waals surface area contributed by atoms with Crippen LogP contribution in [0.5, 0.6) is 0 Å². The van der Waals surface area contributed by atoms with Crippen molar-refractivity contribution in [1.82, 2.24) is 0 Å². The minimum Gasteiger partial charge on any atom is -0.542 e. The van der Waals surface area contributed by atoms with Gasteiger partial charge in [0.2, 0.25) is 0 Å². The van der Waals surface area contributed by atoms with E-state index in [9.17, 15) is 9.59 Å². The normalized spacial score (nSPS) is 9.48. The van der Waals surface area contributed by atoms with Crippen molar-refractivity contribution in [2.24, 2.45) is 5.73 Å². The molecule has 0 aromatic heterocycles. The topological polar surface area (TPSA) is 80.4 Å². The first-order valence-electron chi connectivity index (χ1n) is 8.95. The van der Waals surface area contributed by atoms with Crippen LogP contribution in [0, 0.1) is 0 Å². The van der Waals surface area contributed by atoms with Crippen molar-refractivity contribution >= 4 is 12.3 Å². The van der Waals surface area contributed by atoms with Gasteiger partial charge >= 0.3 is 57.4 Å². The van der Waals surface area contributed by atoms with E-state index in [-0.39, 0.29) is 57.9 Å². The van der Waals surface area contributed by atoms with Gasteiger partial charge in [-0.2, -0.15) is 6.42 Å². The number of nitrogens with two attached hydrogens (primary N) is 1. The minimum absolute atomic E-state index is 0. The Bertz CT molecular complexity index is 238. The Kier molecular flexibility index (Phi) is 34.2. The summed E-state index contributed by atoms with van der Waals surface area (Å²) in [6.07, 6.45) is 20.2. The summed E-state index contributed by atoms with van der Waals surface area (Å²) in [5.74, 6) is -0.968. The predicted molar refractivity (Wildman–Crippen MR) is 92.7 cm³/mol. The molecule has 0 saturated heterocycles. The Morgan fingerprint density at radius 3 is 1.39 bits per heavy atom. The first-order valence-corrected chi connectivity index (χ1v) is 8.95. The van der Waals surface area contributed by atoms with E-state index < -0.39 is 5.97 Å². The Morgan fingerprint density at radius 2 is 1.13 bits per heavy atom. The Morgan fingerprint density at radius 1 is 0.826 bits per heavy atom. The van der Waals surface area contributed by atoms with Gasteiger partial charge in [0.05, 0.1) is 6.54 Å². The predicted octanol–water partition coefficient (Wildman–Crippen LogP) is 1.61. The molecule has 23 heavy (non-hydrogen) atoms. The van der Waals surface area contributed by atoms with E-state index in [1.807, 2.05) is 6.29 Å². The zero-order valence-corrected chi connectivity index (χ0v) is 18.6. The molecule has 0 aromatic rings. The van der Waals surface area contributed by atoms with Gasteiger partial charge in [0, 0.05) is 0 Å². The summed E-state index contributed by atoms with van der Waals surface area (Å²) in [4.78, 5) is 19.2. The third-order valence-corrected chi connectivity index (χ3v) is 3.56. The monoisotopic (exact) mass is 353 g/mol. The zero-order valence-electron chi connectivity index (χ0n) is 15.4. The molecular formula is C18H36KNO3. The molecule has 0 radical (unpaired) electrons. The van der Waals surface area contributed by atoms with Gasteiger partial charge in [0.25, 0.3) is 0 Å². The van der Waals surface area contributed by atoms with Crippen LogP contribution in [0.1, 0.15) is 96.8 Å². The van der Waals surface area contributed by atoms with Crippen LogP contribution in [-0.4, -0.2) is 23.9 Å². The van der Waals surface area contributed by atoms with E-state index in [0.717, 1.165) is 6.42 Å². The smallest absolute Gasteiger partial charge is 0.542 e. The van der Waals surface area contributed by atoms with Crippen molar-refractivity contribution in [3.05, 3.63) is 0 Å². The van der Waals surface area contributed by atoms with Gasteiger partial charge in [0.1, 0.15) is 0 Å². The van der Waals surface area contributed by atoms with Crippen LogP contribution >= 0.6 is 0 Å². The van der Waals surface area contributed by atoms with E-state index in [4.69, 9.17) is 5.11 Å². The summed E-state index contributed by atoms with van der Waals surface area (Å²) >= 11 is 0. The number of carboxylic acids is 1. The molecule has 0 unspecified atom stereocenters. The molecule has 0 amide bonds. The second-order valence-electron chi connectivity index (χ2n) is 5.73. The number of rotatable bonds is 15. The molecule has 3 N–H and O–H groups in total. The third-order valence-electron chi connectivity index (χ3n) is 3.56. The van der Waals surface area contributed by atoms with E-state index in [2.05, 4.69) is 12.7 Å². The maximum Gasteiger partial charge on any atom is 1.00 e. The fourth-order valence-electron chi connectivity index (χ4n) is 2.21. The van der Waals surface area contributed by atoms with Crippen LogP contribution in [0.4, 0.5) is 0 Å². The number of hydrogen-bond acceptors (Lipinski definition) is 3. The number of carbonyl (C=O) groups excluding carboxylic acids is 1. The maximum absolute atomic E-state index is 9.98. The van der Waals surface area contributed by atoms with Crippen LogP contribution in [0.25, 0.3) is 0 Å². The van der Waals surface area contributed by atoms with Gasteiger partial charge in [-0.25, -0.2) is 0 Å². The van der Waals surface area contributed by atoms with Crippen LogP contribution in [-0.2, 0) is 9.59 Å². The number of unbranched alkanes of at least 4 members (excludes halogenated alkanes) is 13. The van der Waals surface area contributed by atoms with E-state index in [0.29, 0.717) is 6.42 Å². The molecule has 0 rings (SSSR count). The number of aliphatic carboxylic acids is 1. The van der Waals surface area contributed by atoms with E-state index in [1.54, 1.807) is 0 Å². The molecule has 0 heterocycles. The fourth-order valence-corrected chi connectivity index (χ4v) is 2.21. The molecule has 0 atom stereocenters. The summed E-state index contributed by atoms with van der Waals surface area (Å²) < 4.78 is 0. The number of carboxylic acid groups (broad SMARTS) is 1. The molecule has 4 nitrogen and oxygen atoms in total. The largest absolute Gasteiger partial charge is 1.00 e. The van der Waals surface area contributed by atoms with Gasteiger partial charge in [-0.15, -0.1) is 0 Å². The summed E-state index contributed by atoms with van der Waals surface area (Å²) in [7, 11) is 0. The summed E-state index contributed by atoms with van der Waals surface area (Å²) in [6, 6.07) is 0. The second-order valence-corrected chi connectivity index (χ2v) is 5.73. The van der Waals surface area contributed by atoms with Crippen LogP contribution < -0.4 is 57.1 Å². The quantitative estimate of drug-likeness (QED) is 0.266. The van der Waals surface area contributed by atoms with Crippen molar-refractivity contribution in [3.8, 4) is 0 Å². The van der Waals surface area contributed by atoms with Gasteiger partial charge in [-0.3, -0.25) is 11.1 Å². The number of carbonyl (C=O) groups is 1. The summed E-state index contributed by atoms with van der Waals surface area (Å²) in [5, 5.41) is 7.60. The Labute approximate surface area is 185 Å². The van der Waals surface area contributed by atoms with Crippen LogP contribution in [0.3, 0.4) is 0 Å². The van der Waals surface area contributed by atoms with Crippen molar-refractivity contribution in [2.45, 2.75) is 96.8 Å². The second kappa shape index (κ2) is 27.6. The van der Waals surface area contributed by atoms with E-state index >= 15 is 0 Å². The molecule has 0 spiro atoms. The molecule has 0 fully saturated rings. The number of hydrogen-bond donors (Lipinski definition) is 2. The standard InChI is InChI=1S/C16H31O.C2H5NO2.K/c1-2-3-4-5-6-7-8-9-10-11-12-13-14-15-16-17;3-1-2(4)5;/h2-15H2,1H3;1,3H2,(H,4,5);/q-1;;+1. The van der Waals surface area contributed by atoms with Crippen molar-refractivity contribution in [2.75, 3.05) is 6.54 Å². The van der Waals surface area contributed by atoms with Gasteiger partial charge in [-0.05, 0) is 0 Å². The average molecular weight is 354 g/mol. The molecule has 0 saturated carbocycles. The zero-order chi connectivity index (χ0) is 16.9.